The van der Waals surface area contributed by atoms with Gasteiger partial charge >= 0.3 is 0 Å². The normalized spacial score (nSPS) is 10.4. The summed E-state index contributed by atoms with van der Waals surface area (Å²) < 4.78 is 27.6. The van der Waals surface area contributed by atoms with Gasteiger partial charge < -0.3 is 23.7 Å². The molecule has 0 radical (unpaired) electrons. The van der Waals surface area contributed by atoms with E-state index in [1.165, 1.54) is 0 Å². The predicted octanol–water partition coefficient (Wildman–Crippen LogP) is 2.60. The highest BCUT2D eigenvalue weighted by Gasteiger charge is 1.97. The van der Waals surface area contributed by atoms with Crippen molar-refractivity contribution in [2.24, 2.45) is 5.11 Å². The van der Waals surface area contributed by atoms with Crippen LogP contribution in [0.2, 0.25) is 0 Å². The molecule has 0 aliphatic heterocycles. The quantitative estimate of drug-likeness (QED) is 0.176. The van der Waals surface area contributed by atoms with Crippen molar-refractivity contribution < 1.29 is 23.7 Å². The highest BCUT2D eigenvalue weighted by atomic mass is 79.9. The standard InChI is InChI=1S/C15H23BrN4O5/c16-14-1-2-18-15(13-14)25-12-11-24-10-9-23-8-7-22-6-5-21-4-3-19-20-17/h1-2,13H,3-12H2. The lowest BCUT2D eigenvalue weighted by atomic mass is 10.5. The molecule has 0 saturated carbocycles. The highest BCUT2D eigenvalue weighted by Crippen LogP contribution is 2.14. The van der Waals surface area contributed by atoms with Crippen molar-refractivity contribution in [3.8, 4) is 5.88 Å². The molecule has 0 fully saturated rings. The zero-order chi connectivity index (χ0) is 18.0. The molecule has 0 bridgehead atoms. The number of ether oxygens (including phenoxy) is 5. The molecule has 0 saturated heterocycles. The van der Waals surface area contributed by atoms with Gasteiger partial charge in [0.05, 0.1) is 52.9 Å². The first kappa shape index (κ1) is 21.6. The average Bonchev–Trinajstić information content (AvgIpc) is 2.61. The average molecular weight is 419 g/mol. The molecule has 0 spiro atoms. The summed E-state index contributed by atoms with van der Waals surface area (Å²) in [6.07, 6.45) is 1.67. The lowest BCUT2D eigenvalue weighted by Gasteiger charge is -2.08. The Kier molecular flexibility index (Phi) is 13.9. The topological polar surface area (TPSA) is 108 Å². The molecule has 1 aromatic rings. The summed E-state index contributed by atoms with van der Waals surface area (Å²) in [6, 6.07) is 3.64. The van der Waals surface area contributed by atoms with E-state index in [2.05, 4.69) is 30.9 Å². The van der Waals surface area contributed by atoms with Crippen molar-refractivity contribution in [2.45, 2.75) is 0 Å². The van der Waals surface area contributed by atoms with Crippen LogP contribution in [0.25, 0.3) is 10.4 Å². The van der Waals surface area contributed by atoms with Crippen LogP contribution in [0.3, 0.4) is 0 Å². The molecule has 0 aliphatic carbocycles. The maximum Gasteiger partial charge on any atom is 0.214 e. The van der Waals surface area contributed by atoms with Crippen LogP contribution in [0.4, 0.5) is 0 Å². The molecule has 1 heterocycles. The van der Waals surface area contributed by atoms with Crippen molar-refractivity contribution in [1.82, 2.24) is 4.98 Å². The zero-order valence-corrected chi connectivity index (χ0v) is 15.6. The van der Waals surface area contributed by atoms with Crippen LogP contribution in [0.15, 0.2) is 27.9 Å². The summed E-state index contributed by atoms with van der Waals surface area (Å²) in [6.45, 7) is 4.60. The largest absolute Gasteiger partial charge is 0.475 e. The number of azide groups is 1. The van der Waals surface area contributed by atoms with Gasteiger partial charge in [0.25, 0.3) is 0 Å². The Morgan fingerprint density at radius 2 is 1.48 bits per heavy atom. The second kappa shape index (κ2) is 16.1. The predicted molar refractivity (Wildman–Crippen MR) is 94.7 cm³/mol. The van der Waals surface area contributed by atoms with Gasteiger partial charge in [-0.3, -0.25) is 0 Å². The van der Waals surface area contributed by atoms with E-state index in [4.69, 9.17) is 29.2 Å². The maximum atomic E-state index is 8.07. The molecule has 140 valence electrons. The molecular weight excluding hydrogens is 396 g/mol. The summed E-state index contributed by atoms with van der Waals surface area (Å²) in [4.78, 5) is 6.70. The van der Waals surface area contributed by atoms with Crippen LogP contribution in [-0.2, 0) is 18.9 Å². The van der Waals surface area contributed by atoms with Gasteiger partial charge in [0, 0.05) is 28.2 Å². The van der Waals surface area contributed by atoms with Crippen molar-refractivity contribution in [3.63, 3.8) is 0 Å². The number of hydrogen-bond donors (Lipinski definition) is 0. The fourth-order valence-electron chi connectivity index (χ4n) is 1.58. The summed E-state index contributed by atoms with van der Waals surface area (Å²) in [5.41, 5.74) is 8.07. The molecule has 1 aromatic heterocycles. The lowest BCUT2D eigenvalue weighted by molar-refractivity contribution is -0.00399. The first-order valence-electron chi connectivity index (χ1n) is 7.89. The minimum atomic E-state index is 0.337. The smallest absolute Gasteiger partial charge is 0.214 e. The number of halogens is 1. The summed E-state index contributed by atoms with van der Waals surface area (Å²) in [7, 11) is 0. The molecule has 9 nitrogen and oxygen atoms in total. The molecule has 0 atom stereocenters. The Hall–Kier alpha value is -1.42. The van der Waals surface area contributed by atoms with Crippen LogP contribution in [0.5, 0.6) is 5.88 Å². The number of pyridine rings is 1. The SMILES string of the molecule is [N-]=[N+]=NCCOCCOCCOCCOCCOc1cc(Br)ccn1. The molecule has 0 aliphatic rings. The van der Waals surface area contributed by atoms with Gasteiger partial charge in [-0.25, -0.2) is 4.98 Å². The van der Waals surface area contributed by atoms with E-state index in [9.17, 15) is 0 Å². The molecule has 0 N–H and O–H groups in total. The van der Waals surface area contributed by atoms with Gasteiger partial charge in [-0.15, -0.1) is 0 Å². The first-order chi connectivity index (χ1) is 12.3. The van der Waals surface area contributed by atoms with Crippen molar-refractivity contribution in [2.75, 3.05) is 66.0 Å². The van der Waals surface area contributed by atoms with Gasteiger partial charge in [0.1, 0.15) is 6.61 Å². The number of nitrogens with zero attached hydrogens (tertiary/aromatic N) is 4. The Balaban J connectivity index is 1.76. The van der Waals surface area contributed by atoms with Crippen molar-refractivity contribution in [1.29, 1.82) is 0 Å². The Morgan fingerprint density at radius 1 is 0.920 bits per heavy atom. The molecule has 25 heavy (non-hydrogen) atoms. The second-order valence-corrected chi connectivity index (χ2v) is 5.48. The van der Waals surface area contributed by atoms with E-state index in [-0.39, 0.29) is 0 Å². The van der Waals surface area contributed by atoms with Crippen LogP contribution >= 0.6 is 15.9 Å². The number of rotatable bonds is 16. The van der Waals surface area contributed by atoms with Crippen molar-refractivity contribution >= 4 is 15.9 Å². The minimum absolute atomic E-state index is 0.337. The number of hydrogen-bond acceptors (Lipinski definition) is 7. The third-order valence-electron chi connectivity index (χ3n) is 2.69. The Morgan fingerprint density at radius 3 is 2.04 bits per heavy atom. The monoisotopic (exact) mass is 418 g/mol. The lowest BCUT2D eigenvalue weighted by Crippen LogP contribution is -2.14. The molecule has 1 rings (SSSR count). The third kappa shape index (κ3) is 13.5. The fourth-order valence-corrected chi connectivity index (χ4v) is 1.90. The van der Waals surface area contributed by atoms with Gasteiger partial charge in [0.15, 0.2) is 0 Å². The van der Waals surface area contributed by atoms with E-state index in [1.807, 2.05) is 6.07 Å². The molecule has 10 heteroatoms. The van der Waals surface area contributed by atoms with Gasteiger partial charge in [-0.05, 0) is 11.6 Å². The van der Waals surface area contributed by atoms with Crippen molar-refractivity contribution in [3.05, 3.63) is 33.2 Å². The molecule has 0 unspecified atom stereocenters. The van der Waals surface area contributed by atoms with Crippen LogP contribution < -0.4 is 4.74 Å². The van der Waals surface area contributed by atoms with E-state index in [0.29, 0.717) is 71.9 Å². The van der Waals surface area contributed by atoms with Gasteiger partial charge in [-0.2, -0.15) is 0 Å². The third-order valence-corrected chi connectivity index (χ3v) is 3.18. The van der Waals surface area contributed by atoms with Gasteiger partial charge in [0.2, 0.25) is 5.88 Å². The summed E-state index contributed by atoms with van der Waals surface area (Å²) in [5, 5.41) is 3.36. The molecular formula is C15H23BrN4O5. The number of aromatic nitrogens is 1. The fraction of sp³-hybridized carbons (Fsp3) is 0.667. The zero-order valence-electron chi connectivity index (χ0n) is 14.0. The van der Waals surface area contributed by atoms with E-state index >= 15 is 0 Å². The van der Waals surface area contributed by atoms with Crippen LogP contribution in [0.1, 0.15) is 0 Å². The van der Waals surface area contributed by atoms with E-state index < -0.39 is 0 Å². The van der Waals surface area contributed by atoms with Crippen LogP contribution in [-0.4, -0.2) is 71.0 Å². The Labute approximate surface area is 155 Å². The minimum Gasteiger partial charge on any atom is -0.475 e. The molecule has 0 amide bonds. The summed E-state index contributed by atoms with van der Waals surface area (Å²) in [5.74, 6) is 0.563. The van der Waals surface area contributed by atoms with E-state index in [1.54, 1.807) is 12.3 Å². The van der Waals surface area contributed by atoms with Gasteiger partial charge in [-0.1, -0.05) is 21.0 Å². The van der Waals surface area contributed by atoms with Crippen LogP contribution in [0, 0.1) is 0 Å². The highest BCUT2D eigenvalue weighted by molar-refractivity contribution is 9.10. The molecule has 0 aromatic carbocycles. The van der Waals surface area contributed by atoms with E-state index in [0.717, 1.165) is 4.47 Å². The maximum absolute atomic E-state index is 8.07. The first-order valence-corrected chi connectivity index (χ1v) is 8.68. The summed E-state index contributed by atoms with van der Waals surface area (Å²) >= 11 is 3.35. The Bertz CT molecular complexity index is 503. The second-order valence-electron chi connectivity index (χ2n) is 4.56.